The molecule has 1 N–H and O–H groups in total. The lowest BCUT2D eigenvalue weighted by atomic mass is 9.84. The zero-order chi connectivity index (χ0) is 25.8. The minimum Gasteiger partial charge on any atom is -0.489 e. The number of carbonyl (C=O) groups is 3. The third-order valence-corrected chi connectivity index (χ3v) is 6.74. The van der Waals surface area contributed by atoms with Crippen molar-refractivity contribution < 1.29 is 19.1 Å². The molecule has 5 rings (SSSR count). The monoisotopic (exact) mass is 496 g/mol. The van der Waals surface area contributed by atoms with Gasteiger partial charge in [0, 0.05) is 24.6 Å². The third-order valence-electron chi connectivity index (χ3n) is 6.74. The molecule has 0 radical (unpaired) electrons. The van der Waals surface area contributed by atoms with E-state index in [2.05, 4.69) is 15.4 Å². The van der Waals surface area contributed by atoms with Gasteiger partial charge < -0.3 is 10.1 Å². The summed E-state index contributed by atoms with van der Waals surface area (Å²) in [5.74, 6) is -1.84. The number of ether oxygens (including phenoxy) is 1. The third kappa shape index (κ3) is 5.28. The Balaban J connectivity index is 1.47. The van der Waals surface area contributed by atoms with Crippen LogP contribution in [0, 0.1) is 0 Å². The Labute approximate surface area is 214 Å². The average molecular weight is 497 g/mol. The highest BCUT2D eigenvalue weighted by molar-refractivity contribution is 6.65. The van der Waals surface area contributed by atoms with Crippen molar-refractivity contribution in [2.45, 2.75) is 51.6 Å². The number of ketones is 2. The Morgan fingerprint density at radius 3 is 2.41 bits per heavy atom. The average Bonchev–Trinajstić information content (AvgIpc) is 3.34. The smallest absolute Gasteiger partial charge is 0.300 e. The lowest BCUT2D eigenvalue weighted by Gasteiger charge is -2.25. The van der Waals surface area contributed by atoms with Gasteiger partial charge >= 0.3 is 0 Å². The molecule has 1 aliphatic carbocycles. The first-order chi connectivity index (χ1) is 18.0. The molecule has 8 heteroatoms. The van der Waals surface area contributed by atoms with Gasteiger partial charge in [0.15, 0.2) is 5.65 Å². The molecule has 0 aliphatic heterocycles. The van der Waals surface area contributed by atoms with Crippen LogP contribution in [0.25, 0.3) is 16.8 Å². The molecule has 2 heterocycles. The number of aromatic nitrogens is 3. The molecule has 0 unspecified atom stereocenters. The molecule has 4 aromatic rings. The van der Waals surface area contributed by atoms with Crippen LogP contribution < -0.4 is 10.1 Å². The minimum atomic E-state index is -1.10. The Kier molecular flexibility index (Phi) is 7.07. The van der Waals surface area contributed by atoms with Gasteiger partial charge in [-0.2, -0.15) is 5.10 Å². The number of Topliss-reactive ketones (excluding diaryl/α,β-unsaturated/α-hetero) is 2. The second-order valence-corrected chi connectivity index (χ2v) is 9.32. The number of amides is 1. The van der Waals surface area contributed by atoms with E-state index in [1.54, 1.807) is 10.7 Å². The van der Waals surface area contributed by atoms with E-state index in [4.69, 9.17) is 4.74 Å². The van der Waals surface area contributed by atoms with Gasteiger partial charge in [-0.3, -0.25) is 14.4 Å². The molecule has 0 bridgehead atoms. The van der Waals surface area contributed by atoms with Crippen molar-refractivity contribution >= 4 is 28.8 Å². The standard InChI is InChI=1S/C29H28N4O4/c1-19(34)27(35)29(36)32-25-17-31-33-26(22-10-6-3-7-11-22)24(16-30-28(25)33)21-12-14-23(15-13-21)37-18-20-8-4-2-5-9-20/h2,4-5,8-9,12-17,22H,3,6-7,10-11,18H2,1H3,(H,32,36). The van der Waals surface area contributed by atoms with Crippen molar-refractivity contribution in [1.82, 2.24) is 14.6 Å². The molecule has 0 spiro atoms. The summed E-state index contributed by atoms with van der Waals surface area (Å²) in [6, 6.07) is 18.0. The van der Waals surface area contributed by atoms with Gasteiger partial charge in [-0.15, -0.1) is 0 Å². The fourth-order valence-corrected chi connectivity index (χ4v) is 4.84. The van der Waals surface area contributed by atoms with E-state index in [1.165, 1.54) is 12.6 Å². The molecular formula is C29H28N4O4. The summed E-state index contributed by atoms with van der Waals surface area (Å²) in [6.07, 6.45) is 8.83. The highest BCUT2D eigenvalue weighted by atomic mass is 16.5. The second-order valence-electron chi connectivity index (χ2n) is 9.32. The van der Waals surface area contributed by atoms with E-state index in [-0.39, 0.29) is 5.92 Å². The Bertz CT molecular complexity index is 1440. The molecule has 0 atom stereocenters. The van der Waals surface area contributed by atoms with Crippen LogP contribution in [-0.2, 0) is 21.0 Å². The maximum atomic E-state index is 12.2. The van der Waals surface area contributed by atoms with Crippen LogP contribution in [0.4, 0.5) is 5.69 Å². The summed E-state index contributed by atoms with van der Waals surface area (Å²) >= 11 is 0. The van der Waals surface area contributed by atoms with E-state index in [0.717, 1.165) is 60.7 Å². The summed E-state index contributed by atoms with van der Waals surface area (Å²) in [6.45, 7) is 1.57. The number of nitrogens with zero attached hydrogens (tertiary/aromatic N) is 3. The molecule has 2 aromatic carbocycles. The van der Waals surface area contributed by atoms with Gasteiger partial charge in [0.2, 0.25) is 5.78 Å². The lowest BCUT2D eigenvalue weighted by Crippen LogP contribution is -2.28. The van der Waals surface area contributed by atoms with Crippen LogP contribution in [0.15, 0.2) is 67.0 Å². The quantitative estimate of drug-likeness (QED) is 0.268. The van der Waals surface area contributed by atoms with E-state index in [9.17, 15) is 14.4 Å². The van der Waals surface area contributed by atoms with Gasteiger partial charge in [0.25, 0.3) is 11.7 Å². The van der Waals surface area contributed by atoms with Crippen LogP contribution in [0.5, 0.6) is 5.75 Å². The Morgan fingerprint density at radius 1 is 0.973 bits per heavy atom. The van der Waals surface area contributed by atoms with E-state index >= 15 is 0 Å². The van der Waals surface area contributed by atoms with Crippen molar-refractivity contribution in [1.29, 1.82) is 0 Å². The maximum absolute atomic E-state index is 12.2. The topological polar surface area (TPSA) is 103 Å². The first-order valence-electron chi connectivity index (χ1n) is 12.5. The van der Waals surface area contributed by atoms with Crippen molar-refractivity contribution in [2.24, 2.45) is 0 Å². The number of anilines is 1. The summed E-state index contributed by atoms with van der Waals surface area (Å²) in [5.41, 5.74) is 4.84. The van der Waals surface area contributed by atoms with Crippen LogP contribution in [0.3, 0.4) is 0 Å². The van der Waals surface area contributed by atoms with Crippen LogP contribution in [0.2, 0.25) is 0 Å². The molecule has 37 heavy (non-hydrogen) atoms. The first-order valence-corrected chi connectivity index (χ1v) is 12.5. The molecule has 1 aliphatic rings. The van der Waals surface area contributed by atoms with Crippen LogP contribution in [-0.4, -0.2) is 32.1 Å². The van der Waals surface area contributed by atoms with Crippen LogP contribution >= 0.6 is 0 Å². The molecule has 188 valence electrons. The highest BCUT2D eigenvalue weighted by Crippen LogP contribution is 2.39. The molecule has 2 aromatic heterocycles. The molecule has 8 nitrogen and oxygen atoms in total. The summed E-state index contributed by atoms with van der Waals surface area (Å²) in [4.78, 5) is 39.9. The number of rotatable bonds is 8. The summed E-state index contributed by atoms with van der Waals surface area (Å²) in [5, 5.41) is 7.04. The number of nitrogens with one attached hydrogen (secondary N) is 1. The van der Waals surface area contributed by atoms with Gasteiger partial charge in [-0.25, -0.2) is 9.50 Å². The molecule has 1 saturated carbocycles. The number of fused-ring (bicyclic) bond motifs is 1. The SMILES string of the molecule is CC(=O)C(=O)C(=O)Nc1cnn2c(C3CCCCC3)c(-c3ccc(OCc4ccccc4)cc3)cnc12. The molecule has 0 saturated heterocycles. The molecule has 1 amide bonds. The zero-order valence-electron chi connectivity index (χ0n) is 20.6. The summed E-state index contributed by atoms with van der Waals surface area (Å²) < 4.78 is 7.71. The second kappa shape index (κ2) is 10.7. The first kappa shape index (κ1) is 24.4. The lowest BCUT2D eigenvalue weighted by molar-refractivity contribution is -0.142. The number of hydrogen-bond acceptors (Lipinski definition) is 6. The highest BCUT2D eigenvalue weighted by Gasteiger charge is 2.26. The van der Waals surface area contributed by atoms with Crippen molar-refractivity contribution in [3.63, 3.8) is 0 Å². The predicted octanol–water partition coefficient (Wildman–Crippen LogP) is 5.12. The van der Waals surface area contributed by atoms with Crippen molar-refractivity contribution in [2.75, 3.05) is 5.32 Å². The largest absolute Gasteiger partial charge is 0.489 e. The number of benzene rings is 2. The van der Waals surface area contributed by atoms with E-state index in [1.807, 2.05) is 54.6 Å². The van der Waals surface area contributed by atoms with Crippen LogP contribution in [0.1, 0.15) is 56.2 Å². The molecular weight excluding hydrogens is 468 g/mol. The number of hydrogen-bond donors (Lipinski definition) is 1. The van der Waals surface area contributed by atoms with Gasteiger partial charge in [0.1, 0.15) is 18.0 Å². The predicted molar refractivity (Wildman–Crippen MR) is 139 cm³/mol. The minimum absolute atomic E-state index is 0.283. The molecule has 1 fully saturated rings. The Morgan fingerprint density at radius 2 is 1.70 bits per heavy atom. The van der Waals surface area contributed by atoms with E-state index in [0.29, 0.717) is 17.9 Å². The fraction of sp³-hybridized carbons (Fsp3) is 0.276. The van der Waals surface area contributed by atoms with Gasteiger partial charge in [-0.1, -0.05) is 61.7 Å². The summed E-state index contributed by atoms with van der Waals surface area (Å²) in [7, 11) is 0. The maximum Gasteiger partial charge on any atom is 0.300 e. The zero-order valence-corrected chi connectivity index (χ0v) is 20.6. The van der Waals surface area contributed by atoms with E-state index < -0.39 is 17.5 Å². The van der Waals surface area contributed by atoms with Gasteiger partial charge in [-0.05, 0) is 36.1 Å². The fourth-order valence-electron chi connectivity index (χ4n) is 4.84. The van der Waals surface area contributed by atoms with Gasteiger partial charge in [0.05, 0.1) is 11.9 Å². The number of carbonyl (C=O) groups excluding carboxylic acids is 3. The van der Waals surface area contributed by atoms with Crippen molar-refractivity contribution in [3.05, 3.63) is 78.2 Å². The van der Waals surface area contributed by atoms with Crippen molar-refractivity contribution in [3.8, 4) is 16.9 Å². The normalized spacial score (nSPS) is 13.9. The Hall–Kier alpha value is -4.33.